The molecule has 2 aromatic rings. The summed E-state index contributed by atoms with van der Waals surface area (Å²) in [5, 5.41) is 16.0. The van der Waals surface area contributed by atoms with Crippen molar-refractivity contribution in [3.05, 3.63) is 41.7 Å². The van der Waals surface area contributed by atoms with E-state index < -0.39 is 0 Å². The standard InChI is InChI=1S/C12H13N3O2/c1-8-7-9(3-4-11(8)16)14-12(17)10-5-6-13-15(10)2/h3-7,16H,1-2H3,(H,14,17). The molecule has 5 nitrogen and oxygen atoms in total. The van der Waals surface area contributed by atoms with Crippen LogP contribution in [-0.2, 0) is 7.05 Å². The molecular formula is C12H13N3O2. The van der Waals surface area contributed by atoms with Crippen LogP contribution in [0.4, 0.5) is 5.69 Å². The van der Waals surface area contributed by atoms with Crippen molar-refractivity contribution in [1.82, 2.24) is 9.78 Å². The van der Waals surface area contributed by atoms with Gasteiger partial charge in [-0.05, 0) is 36.8 Å². The number of anilines is 1. The Kier molecular flexibility index (Phi) is 2.82. The van der Waals surface area contributed by atoms with Crippen molar-refractivity contribution in [1.29, 1.82) is 0 Å². The number of benzene rings is 1. The number of aryl methyl sites for hydroxylation is 2. The third-order valence-electron chi connectivity index (χ3n) is 2.51. The van der Waals surface area contributed by atoms with Gasteiger partial charge < -0.3 is 10.4 Å². The van der Waals surface area contributed by atoms with Crippen molar-refractivity contribution in [2.45, 2.75) is 6.92 Å². The van der Waals surface area contributed by atoms with Gasteiger partial charge >= 0.3 is 0 Å². The second kappa shape index (κ2) is 4.29. The van der Waals surface area contributed by atoms with Gasteiger partial charge in [-0.3, -0.25) is 9.48 Å². The molecule has 88 valence electrons. The number of carbonyl (C=O) groups excluding carboxylic acids is 1. The molecule has 1 amide bonds. The lowest BCUT2D eigenvalue weighted by molar-refractivity contribution is 0.101. The van der Waals surface area contributed by atoms with Gasteiger partial charge in [-0.15, -0.1) is 0 Å². The highest BCUT2D eigenvalue weighted by atomic mass is 16.3. The van der Waals surface area contributed by atoms with Crippen LogP contribution >= 0.6 is 0 Å². The molecule has 0 radical (unpaired) electrons. The van der Waals surface area contributed by atoms with E-state index in [9.17, 15) is 9.90 Å². The minimum atomic E-state index is -0.227. The molecule has 2 N–H and O–H groups in total. The summed E-state index contributed by atoms with van der Waals surface area (Å²) in [7, 11) is 1.71. The Morgan fingerprint density at radius 2 is 2.18 bits per heavy atom. The molecule has 0 fully saturated rings. The van der Waals surface area contributed by atoms with Crippen molar-refractivity contribution in [3.8, 4) is 5.75 Å². The van der Waals surface area contributed by atoms with Crippen LogP contribution in [0.5, 0.6) is 5.75 Å². The molecule has 1 heterocycles. The van der Waals surface area contributed by atoms with E-state index in [1.807, 2.05) is 0 Å². The number of amides is 1. The fourth-order valence-corrected chi connectivity index (χ4v) is 1.52. The number of carbonyl (C=O) groups is 1. The van der Waals surface area contributed by atoms with Crippen LogP contribution in [0, 0.1) is 6.92 Å². The highest BCUT2D eigenvalue weighted by molar-refractivity contribution is 6.03. The first-order valence-corrected chi connectivity index (χ1v) is 5.17. The third-order valence-corrected chi connectivity index (χ3v) is 2.51. The number of nitrogens with one attached hydrogen (secondary N) is 1. The number of phenols is 1. The summed E-state index contributed by atoms with van der Waals surface area (Å²) in [6.45, 7) is 1.77. The van der Waals surface area contributed by atoms with Gasteiger partial charge in [-0.25, -0.2) is 0 Å². The van der Waals surface area contributed by atoms with E-state index in [1.54, 1.807) is 44.4 Å². The van der Waals surface area contributed by atoms with Crippen LogP contribution in [0.3, 0.4) is 0 Å². The lowest BCUT2D eigenvalue weighted by atomic mass is 10.2. The Morgan fingerprint density at radius 1 is 1.41 bits per heavy atom. The van der Waals surface area contributed by atoms with Crippen LogP contribution in [0.25, 0.3) is 0 Å². The molecule has 0 saturated carbocycles. The van der Waals surface area contributed by atoms with E-state index >= 15 is 0 Å². The predicted octanol–water partition coefficient (Wildman–Crippen LogP) is 1.69. The number of hydrogen-bond donors (Lipinski definition) is 2. The summed E-state index contributed by atoms with van der Waals surface area (Å²) >= 11 is 0. The minimum absolute atomic E-state index is 0.212. The van der Waals surface area contributed by atoms with Crippen molar-refractivity contribution in [2.24, 2.45) is 7.05 Å². The van der Waals surface area contributed by atoms with Gasteiger partial charge in [0.15, 0.2) is 0 Å². The Labute approximate surface area is 98.7 Å². The van der Waals surface area contributed by atoms with Gasteiger partial charge in [0.1, 0.15) is 11.4 Å². The lowest BCUT2D eigenvalue weighted by Crippen LogP contribution is -2.16. The Hall–Kier alpha value is -2.30. The summed E-state index contributed by atoms with van der Waals surface area (Å²) in [5.41, 5.74) is 1.84. The quantitative estimate of drug-likeness (QED) is 0.773. The normalized spacial score (nSPS) is 10.2. The van der Waals surface area contributed by atoms with E-state index in [0.717, 1.165) is 0 Å². The summed E-state index contributed by atoms with van der Waals surface area (Å²) < 4.78 is 1.50. The molecule has 0 aliphatic carbocycles. The number of nitrogens with zero attached hydrogens (tertiary/aromatic N) is 2. The number of phenolic OH excluding ortho intramolecular Hbond substituents is 1. The number of aromatic hydroxyl groups is 1. The first-order valence-electron chi connectivity index (χ1n) is 5.17. The van der Waals surface area contributed by atoms with Crippen LogP contribution in [0.15, 0.2) is 30.5 Å². The van der Waals surface area contributed by atoms with E-state index in [2.05, 4.69) is 10.4 Å². The lowest BCUT2D eigenvalue weighted by Gasteiger charge is -2.07. The van der Waals surface area contributed by atoms with Gasteiger partial charge in [0, 0.05) is 18.9 Å². The van der Waals surface area contributed by atoms with Crippen LogP contribution in [-0.4, -0.2) is 20.8 Å². The zero-order valence-corrected chi connectivity index (χ0v) is 9.64. The third kappa shape index (κ3) is 2.28. The van der Waals surface area contributed by atoms with Crippen LogP contribution in [0.2, 0.25) is 0 Å². The van der Waals surface area contributed by atoms with Crippen LogP contribution < -0.4 is 5.32 Å². The largest absolute Gasteiger partial charge is 0.508 e. The monoisotopic (exact) mass is 231 g/mol. The van der Waals surface area contributed by atoms with E-state index in [1.165, 1.54) is 4.68 Å². The predicted molar refractivity (Wildman–Crippen MR) is 64.0 cm³/mol. The summed E-state index contributed by atoms with van der Waals surface area (Å²) in [4.78, 5) is 11.9. The van der Waals surface area contributed by atoms with Crippen LogP contribution in [0.1, 0.15) is 16.1 Å². The molecule has 0 aliphatic rings. The number of hydrogen-bond acceptors (Lipinski definition) is 3. The molecule has 17 heavy (non-hydrogen) atoms. The highest BCUT2D eigenvalue weighted by Crippen LogP contribution is 2.20. The average molecular weight is 231 g/mol. The Bertz CT molecular complexity index is 561. The van der Waals surface area contributed by atoms with Crippen molar-refractivity contribution in [3.63, 3.8) is 0 Å². The van der Waals surface area contributed by atoms with Gasteiger partial charge in [0.25, 0.3) is 5.91 Å². The van der Waals surface area contributed by atoms with Gasteiger partial charge in [0.2, 0.25) is 0 Å². The van der Waals surface area contributed by atoms with E-state index in [4.69, 9.17) is 0 Å². The molecule has 2 rings (SSSR count). The fraction of sp³-hybridized carbons (Fsp3) is 0.167. The van der Waals surface area contributed by atoms with Gasteiger partial charge in [-0.2, -0.15) is 5.10 Å². The topological polar surface area (TPSA) is 67.2 Å². The van der Waals surface area contributed by atoms with E-state index in [0.29, 0.717) is 16.9 Å². The zero-order chi connectivity index (χ0) is 12.4. The molecule has 0 saturated heterocycles. The van der Waals surface area contributed by atoms with E-state index in [-0.39, 0.29) is 11.7 Å². The van der Waals surface area contributed by atoms with Gasteiger partial charge in [-0.1, -0.05) is 0 Å². The first-order chi connectivity index (χ1) is 8.08. The smallest absolute Gasteiger partial charge is 0.273 e. The summed E-state index contributed by atoms with van der Waals surface area (Å²) in [5.74, 6) is -0.0152. The molecule has 0 bridgehead atoms. The second-order valence-corrected chi connectivity index (χ2v) is 3.80. The average Bonchev–Trinajstić information content (AvgIpc) is 2.70. The molecule has 0 unspecified atom stereocenters. The number of aromatic nitrogens is 2. The maximum absolute atomic E-state index is 11.9. The maximum atomic E-state index is 11.9. The SMILES string of the molecule is Cc1cc(NC(=O)c2ccnn2C)ccc1O. The Balaban J connectivity index is 2.19. The van der Waals surface area contributed by atoms with Crippen molar-refractivity contribution in [2.75, 3.05) is 5.32 Å². The highest BCUT2D eigenvalue weighted by Gasteiger charge is 2.10. The molecule has 1 aromatic carbocycles. The number of rotatable bonds is 2. The molecule has 5 heteroatoms. The molecule has 1 aromatic heterocycles. The first kappa shape index (κ1) is 11.2. The minimum Gasteiger partial charge on any atom is -0.508 e. The summed E-state index contributed by atoms with van der Waals surface area (Å²) in [6, 6.07) is 6.55. The zero-order valence-electron chi connectivity index (χ0n) is 9.64. The molecule has 0 spiro atoms. The van der Waals surface area contributed by atoms with Crippen molar-refractivity contribution >= 4 is 11.6 Å². The van der Waals surface area contributed by atoms with Gasteiger partial charge in [0.05, 0.1) is 0 Å². The molecule has 0 aliphatic heterocycles. The second-order valence-electron chi connectivity index (χ2n) is 3.80. The Morgan fingerprint density at radius 3 is 2.76 bits per heavy atom. The fourth-order valence-electron chi connectivity index (χ4n) is 1.52. The molecule has 0 atom stereocenters. The summed E-state index contributed by atoms with van der Waals surface area (Å²) in [6.07, 6.45) is 1.57. The van der Waals surface area contributed by atoms with Crippen molar-refractivity contribution < 1.29 is 9.90 Å². The molecular weight excluding hydrogens is 218 g/mol. The maximum Gasteiger partial charge on any atom is 0.273 e.